The first-order chi connectivity index (χ1) is 7.15. The van der Waals surface area contributed by atoms with Crippen molar-refractivity contribution < 1.29 is 14.6 Å². The Bertz CT molecular complexity index is 202. The van der Waals surface area contributed by atoms with Gasteiger partial charge in [-0.1, -0.05) is 0 Å². The van der Waals surface area contributed by atoms with Gasteiger partial charge in [-0.25, -0.2) is 0 Å². The van der Waals surface area contributed by atoms with Gasteiger partial charge in [-0.2, -0.15) is 0 Å². The maximum atomic E-state index is 11.4. The van der Waals surface area contributed by atoms with Crippen LogP contribution in [-0.2, 0) is 9.53 Å². The van der Waals surface area contributed by atoms with E-state index in [9.17, 15) is 4.79 Å². The van der Waals surface area contributed by atoms with Crippen LogP contribution in [0.25, 0.3) is 0 Å². The van der Waals surface area contributed by atoms with E-state index in [0.29, 0.717) is 18.4 Å². The standard InChI is InChI=1S/C11H21NO3/c1-3-15-10-4-9(5-10)6-11(14)12-8(2)7-13/h8-10,13H,3-7H2,1-2H3,(H,12,14). The Labute approximate surface area is 91.0 Å². The predicted octanol–water partition coefficient (Wildman–Crippen LogP) is 0.689. The molecule has 88 valence electrons. The van der Waals surface area contributed by atoms with Crippen LogP contribution in [0.3, 0.4) is 0 Å². The second kappa shape index (κ2) is 6.08. The molecule has 2 N–H and O–H groups in total. The largest absolute Gasteiger partial charge is 0.394 e. The number of amides is 1. The van der Waals surface area contributed by atoms with Crippen molar-refractivity contribution in [3.8, 4) is 0 Å². The maximum absolute atomic E-state index is 11.4. The molecule has 0 saturated heterocycles. The molecule has 1 saturated carbocycles. The van der Waals surface area contributed by atoms with Gasteiger partial charge in [0.25, 0.3) is 0 Å². The summed E-state index contributed by atoms with van der Waals surface area (Å²) in [5.41, 5.74) is 0. The number of carbonyl (C=O) groups is 1. The first kappa shape index (κ1) is 12.5. The van der Waals surface area contributed by atoms with Gasteiger partial charge < -0.3 is 15.2 Å². The minimum absolute atomic E-state index is 0.00201. The number of rotatable bonds is 6. The molecule has 15 heavy (non-hydrogen) atoms. The molecule has 0 bridgehead atoms. The van der Waals surface area contributed by atoms with Crippen LogP contribution >= 0.6 is 0 Å². The number of ether oxygens (including phenoxy) is 1. The molecule has 0 aromatic heterocycles. The number of aliphatic hydroxyl groups excluding tert-OH is 1. The van der Waals surface area contributed by atoms with Crippen LogP contribution in [0, 0.1) is 5.92 Å². The van der Waals surface area contributed by atoms with Crippen molar-refractivity contribution in [3.05, 3.63) is 0 Å². The summed E-state index contributed by atoms with van der Waals surface area (Å²) in [6.45, 7) is 4.54. The highest BCUT2D eigenvalue weighted by Crippen LogP contribution is 2.32. The average molecular weight is 215 g/mol. The average Bonchev–Trinajstić information content (AvgIpc) is 2.14. The molecule has 1 unspecified atom stereocenters. The van der Waals surface area contributed by atoms with Gasteiger partial charge in [-0.05, 0) is 32.6 Å². The minimum Gasteiger partial charge on any atom is -0.394 e. The molecule has 0 heterocycles. The molecule has 0 aromatic carbocycles. The van der Waals surface area contributed by atoms with Gasteiger partial charge >= 0.3 is 0 Å². The summed E-state index contributed by atoms with van der Waals surface area (Å²) in [6.07, 6.45) is 2.92. The van der Waals surface area contributed by atoms with Gasteiger partial charge in [0.05, 0.1) is 12.7 Å². The molecular weight excluding hydrogens is 194 g/mol. The van der Waals surface area contributed by atoms with Gasteiger partial charge in [0.1, 0.15) is 0 Å². The summed E-state index contributed by atoms with van der Waals surface area (Å²) in [5.74, 6) is 0.504. The van der Waals surface area contributed by atoms with Crippen LogP contribution in [-0.4, -0.2) is 36.4 Å². The fourth-order valence-corrected chi connectivity index (χ4v) is 1.85. The molecule has 1 rings (SSSR count). The molecule has 4 heteroatoms. The Kier molecular flexibility index (Phi) is 5.05. The summed E-state index contributed by atoms with van der Waals surface area (Å²) in [6, 6.07) is -0.139. The SMILES string of the molecule is CCOC1CC(CC(=O)NC(C)CO)C1. The number of carbonyl (C=O) groups excluding carboxylic acids is 1. The van der Waals surface area contributed by atoms with Gasteiger partial charge in [-0.3, -0.25) is 4.79 Å². The highest BCUT2D eigenvalue weighted by Gasteiger charge is 2.31. The summed E-state index contributed by atoms with van der Waals surface area (Å²) >= 11 is 0. The van der Waals surface area contributed by atoms with Gasteiger partial charge in [0, 0.05) is 19.1 Å². The van der Waals surface area contributed by atoms with E-state index in [1.54, 1.807) is 6.92 Å². The number of nitrogens with one attached hydrogen (secondary N) is 1. The van der Waals surface area contributed by atoms with Crippen molar-refractivity contribution in [2.45, 2.75) is 45.3 Å². The zero-order valence-corrected chi connectivity index (χ0v) is 9.53. The second-order valence-electron chi connectivity index (χ2n) is 4.27. The van der Waals surface area contributed by atoms with E-state index in [4.69, 9.17) is 9.84 Å². The Morgan fingerprint density at radius 1 is 1.60 bits per heavy atom. The van der Waals surface area contributed by atoms with Crippen molar-refractivity contribution >= 4 is 5.91 Å². The third-order valence-electron chi connectivity index (χ3n) is 2.75. The van der Waals surface area contributed by atoms with E-state index < -0.39 is 0 Å². The number of aliphatic hydroxyl groups is 1. The van der Waals surface area contributed by atoms with Crippen LogP contribution in [0.2, 0.25) is 0 Å². The van der Waals surface area contributed by atoms with Crippen LogP contribution in [0.15, 0.2) is 0 Å². The van der Waals surface area contributed by atoms with E-state index in [2.05, 4.69) is 5.32 Å². The smallest absolute Gasteiger partial charge is 0.220 e. The number of hydrogen-bond acceptors (Lipinski definition) is 3. The van der Waals surface area contributed by atoms with E-state index >= 15 is 0 Å². The first-order valence-electron chi connectivity index (χ1n) is 5.67. The quantitative estimate of drug-likeness (QED) is 0.685. The highest BCUT2D eigenvalue weighted by molar-refractivity contribution is 5.76. The van der Waals surface area contributed by atoms with Crippen LogP contribution in [0.5, 0.6) is 0 Å². The van der Waals surface area contributed by atoms with Gasteiger partial charge in [0.2, 0.25) is 5.91 Å². The van der Waals surface area contributed by atoms with Crippen LogP contribution in [0.4, 0.5) is 0 Å². The van der Waals surface area contributed by atoms with E-state index in [1.165, 1.54) is 0 Å². The molecule has 0 radical (unpaired) electrons. The number of hydrogen-bond donors (Lipinski definition) is 2. The van der Waals surface area contributed by atoms with Crippen molar-refractivity contribution in [3.63, 3.8) is 0 Å². The molecule has 0 spiro atoms. The highest BCUT2D eigenvalue weighted by atomic mass is 16.5. The molecule has 1 fully saturated rings. The molecule has 1 amide bonds. The minimum atomic E-state index is -0.139. The second-order valence-corrected chi connectivity index (χ2v) is 4.27. The summed E-state index contributed by atoms with van der Waals surface area (Å²) in [4.78, 5) is 11.4. The Balaban J connectivity index is 2.08. The molecular formula is C11H21NO3. The van der Waals surface area contributed by atoms with Crippen molar-refractivity contribution in [1.82, 2.24) is 5.32 Å². The zero-order valence-electron chi connectivity index (χ0n) is 9.53. The van der Waals surface area contributed by atoms with Crippen LogP contribution in [0.1, 0.15) is 33.1 Å². The lowest BCUT2D eigenvalue weighted by Gasteiger charge is -2.34. The van der Waals surface area contributed by atoms with Crippen molar-refractivity contribution in [1.29, 1.82) is 0 Å². The third-order valence-corrected chi connectivity index (χ3v) is 2.75. The van der Waals surface area contributed by atoms with E-state index in [-0.39, 0.29) is 18.6 Å². The molecule has 1 aliphatic rings. The Morgan fingerprint density at radius 2 is 2.27 bits per heavy atom. The Hall–Kier alpha value is -0.610. The van der Waals surface area contributed by atoms with Gasteiger partial charge in [0.15, 0.2) is 0 Å². The van der Waals surface area contributed by atoms with E-state index in [0.717, 1.165) is 19.4 Å². The maximum Gasteiger partial charge on any atom is 0.220 e. The van der Waals surface area contributed by atoms with Gasteiger partial charge in [-0.15, -0.1) is 0 Å². The third kappa shape index (κ3) is 4.18. The zero-order chi connectivity index (χ0) is 11.3. The normalized spacial score (nSPS) is 26.9. The Morgan fingerprint density at radius 3 is 2.80 bits per heavy atom. The van der Waals surface area contributed by atoms with Crippen LogP contribution < -0.4 is 5.32 Å². The monoisotopic (exact) mass is 215 g/mol. The van der Waals surface area contributed by atoms with Crippen molar-refractivity contribution in [2.24, 2.45) is 5.92 Å². The lowest BCUT2D eigenvalue weighted by Crippen LogP contribution is -2.39. The fourth-order valence-electron chi connectivity index (χ4n) is 1.85. The molecule has 0 aromatic rings. The molecule has 1 atom stereocenters. The summed E-state index contributed by atoms with van der Waals surface area (Å²) in [7, 11) is 0. The molecule has 1 aliphatic carbocycles. The fraction of sp³-hybridized carbons (Fsp3) is 0.909. The first-order valence-corrected chi connectivity index (χ1v) is 5.67. The molecule has 0 aliphatic heterocycles. The molecule has 4 nitrogen and oxygen atoms in total. The van der Waals surface area contributed by atoms with E-state index in [1.807, 2.05) is 6.92 Å². The lowest BCUT2D eigenvalue weighted by atomic mass is 9.80. The topological polar surface area (TPSA) is 58.6 Å². The van der Waals surface area contributed by atoms with Crippen molar-refractivity contribution in [2.75, 3.05) is 13.2 Å². The lowest BCUT2D eigenvalue weighted by molar-refractivity contribution is -0.125. The predicted molar refractivity (Wildman–Crippen MR) is 57.4 cm³/mol. The summed E-state index contributed by atoms with van der Waals surface area (Å²) < 4.78 is 5.42. The summed E-state index contributed by atoms with van der Waals surface area (Å²) in [5, 5.41) is 11.5.